The minimum absolute atomic E-state index is 0.168. The number of hydrogen-bond acceptors (Lipinski definition) is 3. The van der Waals surface area contributed by atoms with Gasteiger partial charge in [0.1, 0.15) is 6.61 Å². The molecule has 20 heavy (non-hydrogen) atoms. The number of fused-ring (bicyclic) bond motifs is 2. The molecule has 1 N–H and O–H groups in total. The normalized spacial score (nSPS) is 34.1. The second-order valence-corrected chi connectivity index (χ2v) is 6.84. The van der Waals surface area contributed by atoms with E-state index < -0.39 is 0 Å². The van der Waals surface area contributed by atoms with E-state index in [0.29, 0.717) is 24.2 Å². The van der Waals surface area contributed by atoms with Crippen molar-refractivity contribution < 1.29 is 9.53 Å². The third-order valence-corrected chi connectivity index (χ3v) is 5.38. The molecule has 1 aliphatic carbocycles. The number of nitrogens with zero attached hydrogens (tertiary/aromatic N) is 1. The fourth-order valence-electron chi connectivity index (χ4n) is 4.07. The first kappa shape index (κ1) is 14.3. The topological polar surface area (TPSA) is 41.6 Å². The smallest absolute Gasteiger partial charge is 0.248 e. The molecule has 3 rings (SSSR count). The molecule has 4 nitrogen and oxygen atoms in total. The van der Waals surface area contributed by atoms with Gasteiger partial charge in [0, 0.05) is 25.2 Å². The second kappa shape index (κ2) is 6.44. The van der Waals surface area contributed by atoms with Crippen molar-refractivity contribution in [3.63, 3.8) is 0 Å². The van der Waals surface area contributed by atoms with E-state index >= 15 is 0 Å². The van der Waals surface area contributed by atoms with Crippen LogP contribution in [0.4, 0.5) is 0 Å². The Kier molecular flexibility index (Phi) is 4.61. The number of nitrogens with one attached hydrogen (secondary N) is 1. The van der Waals surface area contributed by atoms with Crippen LogP contribution in [0, 0.1) is 0 Å². The van der Waals surface area contributed by atoms with E-state index in [1.54, 1.807) is 0 Å². The SMILES string of the molecule is CN(C(=O)COC1CCCCC1)C1CC2CCC(C1)N2. The van der Waals surface area contributed by atoms with E-state index in [1.807, 2.05) is 11.9 Å². The molecule has 0 radical (unpaired) electrons. The number of likely N-dealkylation sites (N-methyl/N-ethyl adjacent to an activating group) is 1. The van der Waals surface area contributed by atoms with Gasteiger partial charge in [-0.25, -0.2) is 0 Å². The van der Waals surface area contributed by atoms with Gasteiger partial charge in [0.25, 0.3) is 0 Å². The van der Waals surface area contributed by atoms with Crippen LogP contribution in [-0.4, -0.2) is 48.7 Å². The van der Waals surface area contributed by atoms with Crippen LogP contribution in [0.3, 0.4) is 0 Å². The quantitative estimate of drug-likeness (QED) is 0.857. The van der Waals surface area contributed by atoms with Crippen LogP contribution in [0.1, 0.15) is 57.8 Å². The van der Waals surface area contributed by atoms with Crippen LogP contribution in [0.2, 0.25) is 0 Å². The zero-order valence-corrected chi connectivity index (χ0v) is 12.6. The maximum absolute atomic E-state index is 12.3. The molecule has 1 saturated carbocycles. The van der Waals surface area contributed by atoms with Crippen LogP contribution in [0.15, 0.2) is 0 Å². The maximum atomic E-state index is 12.3. The highest BCUT2D eigenvalue weighted by Crippen LogP contribution is 2.29. The average Bonchev–Trinajstić information content (AvgIpc) is 2.83. The Labute approximate surface area is 122 Å². The second-order valence-electron chi connectivity index (χ2n) is 6.84. The van der Waals surface area contributed by atoms with Gasteiger partial charge >= 0.3 is 0 Å². The molecule has 3 aliphatic rings. The van der Waals surface area contributed by atoms with E-state index in [-0.39, 0.29) is 12.5 Å². The van der Waals surface area contributed by atoms with Crippen molar-refractivity contribution in [2.75, 3.05) is 13.7 Å². The van der Waals surface area contributed by atoms with Gasteiger partial charge in [-0.1, -0.05) is 19.3 Å². The van der Waals surface area contributed by atoms with E-state index in [0.717, 1.165) is 25.7 Å². The summed E-state index contributed by atoms with van der Waals surface area (Å²) in [5.74, 6) is 0.168. The number of ether oxygens (including phenoxy) is 1. The highest BCUT2D eigenvalue weighted by atomic mass is 16.5. The van der Waals surface area contributed by atoms with Crippen molar-refractivity contribution in [2.45, 2.75) is 82.0 Å². The minimum atomic E-state index is 0.168. The van der Waals surface area contributed by atoms with E-state index in [9.17, 15) is 4.79 Å². The molecular formula is C16H28N2O2. The molecule has 0 aromatic heterocycles. The Morgan fingerprint density at radius 3 is 2.40 bits per heavy atom. The standard InChI is InChI=1S/C16H28N2O2/c1-18(14-9-12-7-8-13(10-14)17-12)16(19)11-20-15-5-3-2-4-6-15/h12-15,17H,2-11H2,1H3. The molecular weight excluding hydrogens is 252 g/mol. The fourth-order valence-corrected chi connectivity index (χ4v) is 4.07. The molecule has 2 atom stereocenters. The first-order chi connectivity index (χ1) is 9.72. The summed E-state index contributed by atoms with van der Waals surface area (Å²) in [7, 11) is 1.96. The van der Waals surface area contributed by atoms with Gasteiger partial charge in [0.15, 0.2) is 0 Å². The van der Waals surface area contributed by atoms with Gasteiger partial charge in [-0.2, -0.15) is 0 Å². The minimum Gasteiger partial charge on any atom is -0.368 e. The van der Waals surface area contributed by atoms with E-state index in [2.05, 4.69) is 5.32 Å². The average molecular weight is 280 g/mol. The van der Waals surface area contributed by atoms with Crippen LogP contribution in [-0.2, 0) is 9.53 Å². The summed E-state index contributed by atoms with van der Waals surface area (Å²) in [6.07, 6.45) is 11.2. The third kappa shape index (κ3) is 3.34. The molecule has 2 bridgehead atoms. The molecule has 2 saturated heterocycles. The molecule has 2 heterocycles. The predicted molar refractivity (Wildman–Crippen MR) is 78.6 cm³/mol. The van der Waals surface area contributed by atoms with Crippen LogP contribution < -0.4 is 5.32 Å². The summed E-state index contributed by atoms with van der Waals surface area (Å²) < 4.78 is 5.82. The Morgan fingerprint density at radius 2 is 1.75 bits per heavy atom. The highest BCUT2D eigenvalue weighted by molar-refractivity contribution is 5.77. The summed E-state index contributed by atoms with van der Waals surface area (Å²) in [5, 5.41) is 3.63. The zero-order valence-electron chi connectivity index (χ0n) is 12.6. The van der Waals surface area contributed by atoms with Crippen LogP contribution in [0.25, 0.3) is 0 Å². The number of rotatable bonds is 4. The predicted octanol–water partition coefficient (Wildman–Crippen LogP) is 2.08. The summed E-state index contributed by atoms with van der Waals surface area (Å²) in [6.45, 7) is 0.278. The molecule has 0 spiro atoms. The van der Waals surface area contributed by atoms with Crippen molar-refractivity contribution in [2.24, 2.45) is 0 Å². The molecule has 2 aliphatic heterocycles. The molecule has 0 aromatic carbocycles. The Balaban J connectivity index is 1.44. The fraction of sp³-hybridized carbons (Fsp3) is 0.938. The lowest BCUT2D eigenvalue weighted by Gasteiger charge is -2.35. The van der Waals surface area contributed by atoms with Crippen molar-refractivity contribution in [1.82, 2.24) is 10.2 Å². The van der Waals surface area contributed by atoms with Crippen molar-refractivity contribution >= 4 is 5.91 Å². The van der Waals surface area contributed by atoms with Crippen molar-refractivity contribution in [3.8, 4) is 0 Å². The van der Waals surface area contributed by atoms with Crippen LogP contribution >= 0.6 is 0 Å². The number of amides is 1. The molecule has 1 amide bonds. The van der Waals surface area contributed by atoms with Crippen molar-refractivity contribution in [1.29, 1.82) is 0 Å². The van der Waals surface area contributed by atoms with Gasteiger partial charge in [-0.3, -0.25) is 4.79 Å². The summed E-state index contributed by atoms with van der Waals surface area (Å²) in [4.78, 5) is 14.3. The number of hydrogen-bond donors (Lipinski definition) is 1. The Hall–Kier alpha value is -0.610. The number of carbonyl (C=O) groups is 1. The van der Waals surface area contributed by atoms with Gasteiger partial charge in [0.2, 0.25) is 5.91 Å². The monoisotopic (exact) mass is 280 g/mol. The Bertz CT molecular complexity index is 329. The van der Waals surface area contributed by atoms with Gasteiger partial charge in [-0.05, 0) is 38.5 Å². The van der Waals surface area contributed by atoms with Crippen molar-refractivity contribution in [3.05, 3.63) is 0 Å². The molecule has 3 fully saturated rings. The van der Waals surface area contributed by atoms with E-state index in [1.165, 1.54) is 32.1 Å². The first-order valence-electron chi connectivity index (χ1n) is 8.35. The lowest BCUT2D eigenvalue weighted by atomic mass is 9.97. The summed E-state index contributed by atoms with van der Waals surface area (Å²) in [5.41, 5.74) is 0. The lowest BCUT2D eigenvalue weighted by Crippen LogP contribution is -2.49. The highest BCUT2D eigenvalue weighted by Gasteiger charge is 2.36. The molecule has 114 valence electrons. The van der Waals surface area contributed by atoms with E-state index in [4.69, 9.17) is 4.74 Å². The van der Waals surface area contributed by atoms with Gasteiger partial charge in [-0.15, -0.1) is 0 Å². The van der Waals surface area contributed by atoms with Crippen LogP contribution in [0.5, 0.6) is 0 Å². The lowest BCUT2D eigenvalue weighted by molar-refractivity contribution is -0.140. The molecule has 2 unspecified atom stereocenters. The van der Waals surface area contributed by atoms with Gasteiger partial charge < -0.3 is 15.0 Å². The first-order valence-corrected chi connectivity index (χ1v) is 8.35. The Morgan fingerprint density at radius 1 is 1.10 bits per heavy atom. The third-order valence-electron chi connectivity index (χ3n) is 5.38. The largest absolute Gasteiger partial charge is 0.368 e. The maximum Gasteiger partial charge on any atom is 0.248 e. The zero-order chi connectivity index (χ0) is 13.9. The molecule has 0 aromatic rings. The molecule has 4 heteroatoms. The van der Waals surface area contributed by atoms with Gasteiger partial charge in [0.05, 0.1) is 6.10 Å². The number of carbonyl (C=O) groups excluding carboxylic acids is 1. The summed E-state index contributed by atoms with van der Waals surface area (Å²) >= 11 is 0. The summed E-state index contributed by atoms with van der Waals surface area (Å²) in [6, 6.07) is 1.68. The number of piperidine rings is 1.